The van der Waals surface area contributed by atoms with E-state index < -0.39 is 17.8 Å². The smallest absolute Gasteiger partial charge is 0.319 e. The lowest BCUT2D eigenvalue weighted by Gasteiger charge is -2.30. The molecule has 5 nitrogen and oxygen atoms in total. The molecular formula is C23H24ClF3N4O. The van der Waals surface area contributed by atoms with Gasteiger partial charge in [0, 0.05) is 11.6 Å². The largest absolute Gasteiger partial charge is 0.433 e. The molecule has 0 saturated heterocycles. The molecule has 32 heavy (non-hydrogen) atoms. The molecule has 0 radical (unpaired) electrons. The van der Waals surface area contributed by atoms with Gasteiger partial charge in [0.2, 0.25) is 0 Å². The first-order chi connectivity index (χ1) is 15.1. The van der Waals surface area contributed by atoms with E-state index >= 15 is 0 Å². The average Bonchev–Trinajstić information content (AvgIpc) is 3.16. The molecule has 2 aromatic heterocycles. The van der Waals surface area contributed by atoms with Gasteiger partial charge in [0.25, 0.3) is 5.91 Å². The normalized spacial score (nSPS) is 19.5. The summed E-state index contributed by atoms with van der Waals surface area (Å²) in [5, 5.41) is 8.29. The maximum atomic E-state index is 12.9. The molecule has 1 aliphatic carbocycles. The molecule has 0 aliphatic heterocycles. The van der Waals surface area contributed by atoms with Crippen LogP contribution in [0.4, 0.5) is 18.9 Å². The van der Waals surface area contributed by atoms with Crippen molar-refractivity contribution in [1.29, 1.82) is 0 Å². The molecule has 1 aliphatic rings. The van der Waals surface area contributed by atoms with Gasteiger partial charge in [0.05, 0.1) is 22.3 Å². The summed E-state index contributed by atoms with van der Waals surface area (Å²) in [4.78, 5) is 15.9. The molecule has 0 spiro atoms. The summed E-state index contributed by atoms with van der Waals surface area (Å²) < 4.78 is 40.6. The van der Waals surface area contributed by atoms with Gasteiger partial charge in [-0.1, -0.05) is 31.5 Å². The fourth-order valence-corrected chi connectivity index (χ4v) is 4.49. The Morgan fingerprint density at radius 3 is 2.56 bits per heavy atom. The third-order valence-electron chi connectivity index (χ3n) is 6.19. The molecule has 0 unspecified atom stereocenters. The van der Waals surface area contributed by atoms with Crippen LogP contribution >= 0.6 is 11.6 Å². The lowest BCUT2D eigenvalue weighted by atomic mass is 9.80. The zero-order chi connectivity index (χ0) is 23.0. The van der Waals surface area contributed by atoms with E-state index in [2.05, 4.69) is 29.2 Å². The second-order valence-electron chi connectivity index (χ2n) is 8.67. The maximum absolute atomic E-state index is 12.9. The van der Waals surface area contributed by atoms with Crippen molar-refractivity contribution in [2.24, 2.45) is 11.8 Å². The van der Waals surface area contributed by atoms with Crippen LogP contribution in [0.3, 0.4) is 0 Å². The van der Waals surface area contributed by atoms with Gasteiger partial charge in [0.15, 0.2) is 0 Å². The van der Waals surface area contributed by atoms with Crippen LogP contribution in [0.2, 0.25) is 5.02 Å². The van der Waals surface area contributed by atoms with Gasteiger partial charge >= 0.3 is 6.18 Å². The number of anilines is 1. The van der Waals surface area contributed by atoms with Crippen molar-refractivity contribution in [1.82, 2.24) is 14.8 Å². The lowest BCUT2D eigenvalue weighted by Crippen LogP contribution is -2.21. The van der Waals surface area contributed by atoms with E-state index in [0.29, 0.717) is 23.2 Å². The third kappa shape index (κ3) is 4.75. The highest BCUT2D eigenvalue weighted by molar-refractivity contribution is 6.34. The van der Waals surface area contributed by atoms with Gasteiger partial charge in [-0.3, -0.25) is 9.48 Å². The Hall–Kier alpha value is -2.61. The standard InChI is InChI=1S/C23H24ClF3N4O/c1-13(2)14-6-8-16(9-7-14)31-12-15-10-20(17(24)11-19(15)30-31)29-22(32)18-4-3-5-21(28-18)23(25,26)27/h3-5,10-14,16H,6-9H2,1-2H3,(H,29,32). The van der Waals surface area contributed by atoms with Crippen LogP contribution < -0.4 is 5.32 Å². The molecule has 3 aromatic rings. The first-order valence-corrected chi connectivity index (χ1v) is 11.0. The minimum Gasteiger partial charge on any atom is -0.319 e. The number of amides is 1. The highest BCUT2D eigenvalue weighted by Crippen LogP contribution is 2.37. The Bertz CT molecular complexity index is 1130. The Balaban J connectivity index is 1.53. The molecule has 1 aromatic carbocycles. The van der Waals surface area contributed by atoms with Gasteiger partial charge in [-0.25, -0.2) is 4.98 Å². The number of nitrogens with zero attached hydrogens (tertiary/aromatic N) is 3. The van der Waals surface area contributed by atoms with Crippen molar-refractivity contribution in [3.8, 4) is 0 Å². The van der Waals surface area contributed by atoms with Crippen LogP contribution in [0.1, 0.15) is 61.8 Å². The molecule has 1 amide bonds. The highest BCUT2D eigenvalue weighted by Gasteiger charge is 2.33. The van der Waals surface area contributed by atoms with Crippen LogP contribution in [0, 0.1) is 11.8 Å². The number of nitrogens with one attached hydrogen (secondary N) is 1. The number of carbonyl (C=O) groups is 1. The fraction of sp³-hybridized carbons (Fsp3) is 0.435. The number of carbonyl (C=O) groups excluding carboxylic acids is 1. The summed E-state index contributed by atoms with van der Waals surface area (Å²) in [6.45, 7) is 4.53. The second kappa shape index (κ2) is 8.73. The first-order valence-electron chi connectivity index (χ1n) is 10.7. The predicted octanol–water partition coefficient (Wildman–Crippen LogP) is 6.74. The molecular weight excluding hydrogens is 441 g/mol. The number of hydrogen-bond donors (Lipinski definition) is 1. The third-order valence-corrected chi connectivity index (χ3v) is 6.50. The quantitative estimate of drug-likeness (QED) is 0.465. The van der Waals surface area contributed by atoms with Crippen LogP contribution in [-0.2, 0) is 6.18 Å². The number of alkyl halides is 3. The van der Waals surface area contributed by atoms with Crippen molar-refractivity contribution >= 4 is 34.1 Å². The number of halogens is 4. The number of fused-ring (bicyclic) bond motifs is 1. The minimum absolute atomic E-state index is 0.256. The molecule has 0 bridgehead atoms. The van der Waals surface area contributed by atoms with E-state index in [4.69, 9.17) is 11.6 Å². The minimum atomic E-state index is -4.63. The van der Waals surface area contributed by atoms with Gasteiger partial charge in [0.1, 0.15) is 11.4 Å². The van der Waals surface area contributed by atoms with Gasteiger partial charge < -0.3 is 5.32 Å². The van der Waals surface area contributed by atoms with Crippen LogP contribution in [0.15, 0.2) is 36.5 Å². The highest BCUT2D eigenvalue weighted by atomic mass is 35.5. The average molecular weight is 465 g/mol. The van der Waals surface area contributed by atoms with Crippen molar-refractivity contribution < 1.29 is 18.0 Å². The molecule has 1 fully saturated rings. The van der Waals surface area contributed by atoms with E-state index in [1.54, 1.807) is 12.1 Å². The molecule has 0 atom stereocenters. The number of hydrogen-bond acceptors (Lipinski definition) is 3. The molecule has 2 heterocycles. The molecule has 9 heteroatoms. The van der Waals surface area contributed by atoms with Crippen molar-refractivity contribution in [3.63, 3.8) is 0 Å². The molecule has 1 saturated carbocycles. The summed E-state index contributed by atoms with van der Waals surface area (Å²) in [7, 11) is 0. The zero-order valence-electron chi connectivity index (χ0n) is 17.8. The predicted molar refractivity (Wildman–Crippen MR) is 118 cm³/mol. The van der Waals surface area contributed by atoms with Gasteiger partial charge in [-0.2, -0.15) is 18.3 Å². The van der Waals surface area contributed by atoms with Crippen LogP contribution in [0.25, 0.3) is 10.9 Å². The van der Waals surface area contributed by atoms with Crippen molar-refractivity contribution in [2.45, 2.75) is 51.7 Å². The Morgan fingerprint density at radius 1 is 1.19 bits per heavy atom. The van der Waals surface area contributed by atoms with Gasteiger partial charge in [-0.15, -0.1) is 0 Å². The summed E-state index contributed by atoms with van der Waals surface area (Å²) >= 11 is 6.32. The van der Waals surface area contributed by atoms with E-state index in [-0.39, 0.29) is 10.7 Å². The van der Waals surface area contributed by atoms with Crippen LogP contribution in [-0.4, -0.2) is 20.7 Å². The topological polar surface area (TPSA) is 59.8 Å². The van der Waals surface area contributed by atoms with E-state index in [0.717, 1.165) is 36.3 Å². The zero-order valence-corrected chi connectivity index (χ0v) is 18.5. The van der Waals surface area contributed by atoms with E-state index in [9.17, 15) is 18.0 Å². The Kier molecular flexibility index (Phi) is 6.16. The summed E-state index contributed by atoms with van der Waals surface area (Å²) in [6, 6.07) is 6.85. The second-order valence-corrected chi connectivity index (χ2v) is 9.08. The SMILES string of the molecule is CC(C)C1CCC(n2cc3cc(NC(=O)c4cccc(C(F)(F)F)n4)c(Cl)cc3n2)CC1. The summed E-state index contributed by atoms with van der Waals surface area (Å²) in [6.07, 6.45) is 1.78. The number of rotatable bonds is 4. The number of benzene rings is 1. The fourth-order valence-electron chi connectivity index (χ4n) is 4.29. The lowest BCUT2D eigenvalue weighted by molar-refractivity contribution is -0.141. The molecule has 170 valence electrons. The maximum Gasteiger partial charge on any atom is 0.433 e. The van der Waals surface area contributed by atoms with Crippen molar-refractivity contribution in [3.05, 3.63) is 52.9 Å². The molecule has 1 N–H and O–H groups in total. The van der Waals surface area contributed by atoms with Gasteiger partial charge in [-0.05, 0) is 61.8 Å². The number of pyridine rings is 1. The molecule has 4 rings (SSSR count). The van der Waals surface area contributed by atoms with E-state index in [1.807, 2.05) is 10.9 Å². The van der Waals surface area contributed by atoms with Crippen molar-refractivity contribution in [2.75, 3.05) is 5.32 Å². The number of aromatic nitrogens is 3. The Morgan fingerprint density at radius 2 is 1.91 bits per heavy atom. The monoisotopic (exact) mass is 464 g/mol. The summed E-state index contributed by atoms with van der Waals surface area (Å²) in [5.74, 6) is 0.664. The van der Waals surface area contributed by atoms with E-state index in [1.165, 1.54) is 18.9 Å². The first kappa shape index (κ1) is 22.6. The van der Waals surface area contributed by atoms with Crippen LogP contribution in [0.5, 0.6) is 0 Å². The Labute approximate surface area is 189 Å². The summed E-state index contributed by atoms with van der Waals surface area (Å²) in [5.41, 5.74) is -0.462.